The van der Waals surface area contributed by atoms with Crippen LogP contribution in [0, 0.1) is 17.0 Å². The highest BCUT2D eigenvalue weighted by Gasteiger charge is 2.13. The van der Waals surface area contributed by atoms with Gasteiger partial charge in [0.1, 0.15) is 0 Å². The van der Waals surface area contributed by atoms with E-state index in [9.17, 15) is 18.5 Å². The Kier molecular flexibility index (Phi) is 4.52. The monoisotopic (exact) mass is 319 g/mol. The molecule has 8 heteroatoms. The molecule has 2 rings (SSSR count). The molecular weight excluding hydrogens is 306 g/mol. The van der Waals surface area contributed by atoms with Crippen LogP contribution < -0.4 is 4.83 Å². The molecule has 22 heavy (non-hydrogen) atoms. The third kappa shape index (κ3) is 3.67. The van der Waals surface area contributed by atoms with Gasteiger partial charge < -0.3 is 0 Å². The van der Waals surface area contributed by atoms with E-state index in [2.05, 4.69) is 5.10 Å². The van der Waals surface area contributed by atoms with E-state index in [4.69, 9.17) is 0 Å². The lowest BCUT2D eigenvalue weighted by Gasteiger charge is -2.03. The minimum Gasteiger partial charge on any atom is -0.258 e. The third-order valence-corrected chi connectivity index (χ3v) is 4.08. The number of nitro groups is 1. The smallest absolute Gasteiger partial charge is 0.258 e. The van der Waals surface area contributed by atoms with Crippen molar-refractivity contribution in [3.05, 3.63) is 69.8 Å². The van der Waals surface area contributed by atoms with Crippen LogP contribution in [0.4, 0.5) is 5.69 Å². The molecule has 0 atom stereocenters. The quantitative estimate of drug-likeness (QED) is 0.518. The number of hydrazone groups is 1. The van der Waals surface area contributed by atoms with Crippen molar-refractivity contribution in [3.63, 3.8) is 0 Å². The summed E-state index contributed by atoms with van der Waals surface area (Å²) in [6.45, 7) is 1.84. The van der Waals surface area contributed by atoms with Gasteiger partial charge in [-0.05, 0) is 25.1 Å². The molecule has 0 saturated carbocycles. The van der Waals surface area contributed by atoms with E-state index in [0.717, 1.165) is 11.8 Å². The summed E-state index contributed by atoms with van der Waals surface area (Å²) < 4.78 is 24.0. The van der Waals surface area contributed by atoms with Gasteiger partial charge >= 0.3 is 0 Å². The number of rotatable bonds is 5. The molecule has 0 aliphatic carbocycles. The molecule has 1 N–H and O–H groups in total. The molecule has 0 unspecified atom stereocenters. The highest BCUT2D eigenvalue weighted by Crippen LogP contribution is 2.15. The van der Waals surface area contributed by atoms with Gasteiger partial charge in [0.25, 0.3) is 15.7 Å². The fraction of sp³-hybridized carbons (Fsp3) is 0.0714. The van der Waals surface area contributed by atoms with Crippen LogP contribution in [0.25, 0.3) is 0 Å². The maximum atomic E-state index is 12.0. The van der Waals surface area contributed by atoms with E-state index in [0.29, 0.717) is 0 Å². The van der Waals surface area contributed by atoms with Crippen molar-refractivity contribution in [2.75, 3.05) is 0 Å². The Bertz CT molecular complexity index is 814. The lowest BCUT2D eigenvalue weighted by atomic mass is 10.2. The number of sulfonamides is 1. The third-order valence-electron chi connectivity index (χ3n) is 2.84. The molecule has 0 heterocycles. The van der Waals surface area contributed by atoms with Crippen molar-refractivity contribution in [1.82, 2.24) is 4.83 Å². The average Bonchev–Trinajstić information content (AvgIpc) is 2.48. The van der Waals surface area contributed by atoms with Crippen molar-refractivity contribution in [2.24, 2.45) is 5.10 Å². The first-order chi connectivity index (χ1) is 10.4. The summed E-state index contributed by atoms with van der Waals surface area (Å²) in [6.07, 6.45) is 1.10. The van der Waals surface area contributed by atoms with Gasteiger partial charge in [-0.2, -0.15) is 13.5 Å². The Labute approximate surface area is 127 Å². The molecule has 0 aliphatic rings. The van der Waals surface area contributed by atoms with Crippen LogP contribution in [0.15, 0.2) is 58.5 Å². The van der Waals surface area contributed by atoms with Crippen molar-refractivity contribution in [3.8, 4) is 0 Å². The highest BCUT2D eigenvalue weighted by molar-refractivity contribution is 7.89. The van der Waals surface area contributed by atoms with Crippen LogP contribution in [0.5, 0.6) is 0 Å². The Morgan fingerprint density at radius 3 is 2.41 bits per heavy atom. The van der Waals surface area contributed by atoms with Gasteiger partial charge in [0.2, 0.25) is 0 Å². The van der Waals surface area contributed by atoms with Crippen molar-refractivity contribution < 1.29 is 13.3 Å². The molecule has 0 aliphatic heterocycles. The standard InChI is InChI=1S/C14H13N3O4S/c1-11-6-8-13(9-7-11)22(20,21)16-15-10-12-4-2-3-5-14(12)17(18)19/h2-10,16H,1H3/b15-10-. The van der Waals surface area contributed by atoms with Gasteiger partial charge in [-0.15, -0.1) is 0 Å². The summed E-state index contributed by atoms with van der Waals surface area (Å²) in [5, 5.41) is 14.4. The second kappa shape index (κ2) is 6.35. The Hall–Kier alpha value is -2.74. The molecule has 2 aromatic carbocycles. The summed E-state index contributed by atoms with van der Waals surface area (Å²) in [6, 6.07) is 12.2. The number of aryl methyl sites for hydroxylation is 1. The normalized spacial score (nSPS) is 11.5. The van der Waals surface area contributed by atoms with E-state index in [1.807, 2.05) is 11.8 Å². The van der Waals surface area contributed by atoms with E-state index >= 15 is 0 Å². The molecule has 114 valence electrons. The van der Waals surface area contributed by atoms with Crippen molar-refractivity contribution in [1.29, 1.82) is 0 Å². The van der Waals surface area contributed by atoms with Crippen LogP contribution in [-0.2, 0) is 10.0 Å². The minimum absolute atomic E-state index is 0.0674. The number of nitrogens with zero attached hydrogens (tertiary/aromatic N) is 2. The molecular formula is C14H13N3O4S. The van der Waals surface area contributed by atoms with Crippen LogP contribution >= 0.6 is 0 Å². The van der Waals surface area contributed by atoms with Gasteiger partial charge in [0, 0.05) is 6.07 Å². The first-order valence-corrected chi connectivity index (χ1v) is 7.73. The Morgan fingerprint density at radius 2 is 1.77 bits per heavy atom. The van der Waals surface area contributed by atoms with Crippen molar-refractivity contribution in [2.45, 2.75) is 11.8 Å². The Balaban J connectivity index is 2.19. The predicted octanol–water partition coefficient (Wildman–Crippen LogP) is 2.22. The van der Waals surface area contributed by atoms with Gasteiger partial charge in [0.15, 0.2) is 0 Å². The molecule has 2 aromatic rings. The number of benzene rings is 2. The topological polar surface area (TPSA) is 102 Å². The van der Waals surface area contributed by atoms with Crippen LogP contribution in [0.1, 0.15) is 11.1 Å². The first kappa shape index (κ1) is 15.6. The lowest BCUT2D eigenvalue weighted by molar-refractivity contribution is -0.385. The zero-order chi connectivity index (χ0) is 16.2. The highest BCUT2D eigenvalue weighted by atomic mass is 32.2. The SMILES string of the molecule is Cc1ccc(S(=O)(=O)N/N=C\c2ccccc2[N+](=O)[O-])cc1. The molecule has 0 radical (unpaired) electrons. The van der Waals surface area contributed by atoms with Gasteiger partial charge in [0.05, 0.1) is 21.6 Å². The molecule has 7 nitrogen and oxygen atoms in total. The second-order valence-electron chi connectivity index (χ2n) is 4.48. The largest absolute Gasteiger partial charge is 0.278 e. The zero-order valence-corrected chi connectivity index (χ0v) is 12.4. The van der Waals surface area contributed by atoms with E-state index in [1.54, 1.807) is 18.2 Å². The second-order valence-corrected chi connectivity index (χ2v) is 6.14. The van der Waals surface area contributed by atoms with Gasteiger partial charge in [-0.3, -0.25) is 10.1 Å². The summed E-state index contributed by atoms with van der Waals surface area (Å²) in [7, 11) is -3.80. The fourth-order valence-electron chi connectivity index (χ4n) is 1.70. The summed E-state index contributed by atoms with van der Waals surface area (Å²) >= 11 is 0. The number of hydrogen-bond donors (Lipinski definition) is 1. The maximum Gasteiger partial charge on any atom is 0.278 e. The molecule has 0 spiro atoms. The zero-order valence-electron chi connectivity index (χ0n) is 11.6. The van der Waals surface area contributed by atoms with Crippen LogP contribution in [0.2, 0.25) is 0 Å². The maximum absolute atomic E-state index is 12.0. The van der Waals surface area contributed by atoms with E-state index < -0.39 is 14.9 Å². The van der Waals surface area contributed by atoms with Crippen molar-refractivity contribution >= 4 is 21.9 Å². The first-order valence-electron chi connectivity index (χ1n) is 6.25. The summed E-state index contributed by atoms with van der Waals surface area (Å²) in [5.74, 6) is 0. The van der Waals surface area contributed by atoms with E-state index in [1.165, 1.54) is 30.3 Å². The lowest BCUT2D eigenvalue weighted by Crippen LogP contribution is -2.18. The van der Waals surface area contributed by atoms with Gasteiger partial charge in [-0.1, -0.05) is 29.8 Å². The van der Waals surface area contributed by atoms with Gasteiger partial charge in [-0.25, -0.2) is 4.83 Å². The van der Waals surface area contributed by atoms with Crippen LogP contribution in [-0.4, -0.2) is 19.6 Å². The molecule has 0 aromatic heterocycles. The number of nitrogens with one attached hydrogen (secondary N) is 1. The molecule has 0 fully saturated rings. The average molecular weight is 319 g/mol. The Morgan fingerprint density at radius 1 is 1.14 bits per heavy atom. The number of nitro benzene ring substituents is 1. The van der Waals surface area contributed by atoms with E-state index in [-0.39, 0.29) is 16.1 Å². The minimum atomic E-state index is -3.80. The molecule has 0 saturated heterocycles. The predicted molar refractivity (Wildman–Crippen MR) is 82.2 cm³/mol. The number of hydrogen-bond acceptors (Lipinski definition) is 5. The summed E-state index contributed by atoms with van der Waals surface area (Å²) in [5.41, 5.74) is 0.988. The number of para-hydroxylation sites is 1. The molecule has 0 bridgehead atoms. The van der Waals surface area contributed by atoms with Crippen LogP contribution in [0.3, 0.4) is 0 Å². The fourth-order valence-corrected chi connectivity index (χ4v) is 2.49. The summed E-state index contributed by atoms with van der Waals surface area (Å²) in [4.78, 5) is 12.4. The molecule has 0 amide bonds.